The Bertz CT molecular complexity index is 1060. The van der Waals surface area contributed by atoms with E-state index in [9.17, 15) is 9.59 Å². The number of amides is 1. The topological polar surface area (TPSA) is 59.1 Å². The van der Waals surface area contributed by atoms with E-state index < -0.39 is 0 Å². The van der Waals surface area contributed by atoms with E-state index in [2.05, 4.69) is 30.0 Å². The molecule has 0 atom stereocenters. The average Bonchev–Trinajstić information content (AvgIpc) is 3.44. The van der Waals surface area contributed by atoms with Gasteiger partial charge in [0.2, 0.25) is 5.91 Å². The van der Waals surface area contributed by atoms with Crippen LogP contribution in [0.1, 0.15) is 60.5 Å². The summed E-state index contributed by atoms with van der Waals surface area (Å²) in [5.74, 6) is 1.13. The Kier molecular flexibility index (Phi) is 9.16. The van der Waals surface area contributed by atoms with E-state index in [-0.39, 0.29) is 11.8 Å². The third-order valence-corrected chi connectivity index (χ3v) is 7.62. The monoisotopic (exact) mass is 492 g/mol. The molecule has 1 aliphatic heterocycles. The molecule has 0 spiro atoms. The van der Waals surface area contributed by atoms with Crippen LogP contribution in [0.3, 0.4) is 0 Å². The van der Waals surface area contributed by atoms with E-state index in [0.29, 0.717) is 18.7 Å². The quantitative estimate of drug-likeness (QED) is 0.327. The van der Waals surface area contributed by atoms with Gasteiger partial charge in [-0.15, -0.1) is 0 Å². The van der Waals surface area contributed by atoms with Crippen molar-refractivity contribution in [2.45, 2.75) is 52.9 Å². The molecule has 1 heterocycles. The standard InChI is InChI=1S/C30H40N2O4/c1-4-32(30(34)24-8-5-6-9-24)29-20-25(19-26(21-33)23(29)3)28-11-10-27(18-22(28)2)36-15-7-12-31-13-16-35-17-14-31/h10-11,18-21,24H,4-9,12-17H2,1-3H3. The van der Waals surface area contributed by atoms with Crippen LogP contribution < -0.4 is 9.64 Å². The summed E-state index contributed by atoms with van der Waals surface area (Å²) in [7, 11) is 0. The first-order valence-electron chi connectivity index (χ1n) is 13.5. The van der Waals surface area contributed by atoms with Crippen LogP contribution in [0.15, 0.2) is 30.3 Å². The highest BCUT2D eigenvalue weighted by Gasteiger charge is 2.28. The molecule has 36 heavy (non-hydrogen) atoms. The molecule has 1 saturated carbocycles. The van der Waals surface area contributed by atoms with Crippen LogP contribution in [0.25, 0.3) is 11.1 Å². The fraction of sp³-hybridized carbons (Fsp3) is 0.533. The van der Waals surface area contributed by atoms with Gasteiger partial charge in [-0.2, -0.15) is 0 Å². The maximum absolute atomic E-state index is 13.3. The van der Waals surface area contributed by atoms with E-state index in [1.54, 1.807) is 0 Å². The maximum atomic E-state index is 13.3. The Morgan fingerprint density at radius 3 is 2.56 bits per heavy atom. The molecule has 2 fully saturated rings. The van der Waals surface area contributed by atoms with Gasteiger partial charge in [0.15, 0.2) is 0 Å². The molecule has 0 radical (unpaired) electrons. The van der Waals surface area contributed by atoms with Gasteiger partial charge in [-0.05, 0) is 86.6 Å². The van der Waals surface area contributed by atoms with E-state index in [1.807, 2.05) is 30.9 Å². The van der Waals surface area contributed by atoms with Crippen LogP contribution in [0.4, 0.5) is 5.69 Å². The zero-order valence-corrected chi connectivity index (χ0v) is 22.1. The van der Waals surface area contributed by atoms with Gasteiger partial charge in [-0.25, -0.2) is 0 Å². The van der Waals surface area contributed by atoms with Gasteiger partial charge < -0.3 is 14.4 Å². The van der Waals surface area contributed by atoms with Crippen molar-refractivity contribution in [1.82, 2.24) is 4.90 Å². The Balaban J connectivity index is 1.50. The summed E-state index contributed by atoms with van der Waals surface area (Å²) in [6, 6.07) is 10.1. The number of benzene rings is 2. The second-order valence-corrected chi connectivity index (χ2v) is 10.0. The Morgan fingerprint density at radius 1 is 1.14 bits per heavy atom. The molecular formula is C30H40N2O4. The number of morpholine rings is 1. The molecule has 0 unspecified atom stereocenters. The predicted octanol–water partition coefficient (Wildman–Crippen LogP) is 5.43. The second-order valence-electron chi connectivity index (χ2n) is 10.0. The van der Waals surface area contributed by atoms with Gasteiger partial charge in [0.25, 0.3) is 0 Å². The first kappa shape index (κ1) is 26.4. The Labute approximate surface area is 215 Å². The van der Waals surface area contributed by atoms with Crippen LogP contribution in [0, 0.1) is 19.8 Å². The summed E-state index contributed by atoms with van der Waals surface area (Å²) in [5.41, 5.74) is 5.41. The van der Waals surface area contributed by atoms with Crippen LogP contribution in [0.5, 0.6) is 5.75 Å². The summed E-state index contributed by atoms with van der Waals surface area (Å²) in [4.78, 5) is 29.6. The van der Waals surface area contributed by atoms with Gasteiger partial charge in [0.05, 0.1) is 19.8 Å². The van der Waals surface area contributed by atoms with E-state index in [0.717, 1.165) is 105 Å². The van der Waals surface area contributed by atoms with Gasteiger partial charge in [-0.1, -0.05) is 18.9 Å². The number of anilines is 1. The normalized spacial score (nSPS) is 16.8. The van der Waals surface area contributed by atoms with Crippen molar-refractivity contribution in [2.75, 3.05) is 50.9 Å². The number of nitrogens with zero attached hydrogens (tertiary/aromatic N) is 2. The lowest BCUT2D eigenvalue weighted by atomic mass is 9.94. The molecule has 4 rings (SSSR count). The summed E-state index contributed by atoms with van der Waals surface area (Å²) < 4.78 is 11.4. The lowest BCUT2D eigenvalue weighted by Crippen LogP contribution is -2.37. The van der Waals surface area contributed by atoms with Gasteiger partial charge in [-0.3, -0.25) is 14.5 Å². The molecule has 1 aliphatic carbocycles. The molecule has 1 saturated heterocycles. The molecule has 0 aromatic heterocycles. The molecular weight excluding hydrogens is 452 g/mol. The minimum atomic E-state index is 0.0918. The summed E-state index contributed by atoms with van der Waals surface area (Å²) >= 11 is 0. The van der Waals surface area contributed by atoms with E-state index in [4.69, 9.17) is 9.47 Å². The largest absolute Gasteiger partial charge is 0.494 e. The van der Waals surface area contributed by atoms with Crippen LogP contribution in [-0.4, -0.2) is 63.1 Å². The zero-order chi connectivity index (χ0) is 25.5. The number of aryl methyl sites for hydroxylation is 1. The smallest absolute Gasteiger partial charge is 0.230 e. The summed E-state index contributed by atoms with van der Waals surface area (Å²) in [6.07, 6.45) is 6.04. The summed E-state index contributed by atoms with van der Waals surface area (Å²) in [6.45, 7) is 11.9. The number of ether oxygens (including phenoxy) is 2. The predicted molar refractivity (Wildman–Crippen MR) is 144 cm³/mol. The number of rotatable bonds is 10. The van der Waals surface area contributed by atoms with Crippen molar-refractivity contribution in [3.63, 3.8) is 0 Å². The van der Waals surface area contributed by atoms with Crippen molar-refractivity contribution in [3.8, 4) is 16.9 Å². The fourth-order valence-electron chi connectivity index (χ4n) is 5.47. The van der Waals surface area contributed by atoms with Gasteiger partial charge >= 0.3 is 0 Å². The minimum Gasteiger partial charge on any atom is -0.494 e. The Hall–Kier alpha value is -2.70. The molecule has 194 valence electrons. The third kappa shape index (κ3) is 6.16. The molecule has 6 nitrogen and oxygen atoms in total. The fourth-order valence-corrected chi connectivity index (χ4v) is 5.47. The molecule has 1 amide bonds. The van der Waals surface area contributed by atoms with Gasteiger partial charge in [0, 0.05) is 43.3 Å². The van der Waals surface area contributed by atoms with Crippen molar-refractivity contribution >= 4 is 17.9 Å². The number of hydrogen-bond acceptors (Lipinski definition) is 5. The Morgan fingerprint density at radius 2 is 1.89 bits per heavy atom. The first-order chi connectivity index (χ1) is 17.5. The van der Waals surface area contributed by atoms with E-state index >= 15 is 0 Å². The number of aldehydes is 1. The van der Waals surface area contributed by atoms with Crippen LogP contribution in [-0.2, 0) is 9.53 Å². The maximum Gasteiger partial charge on any atom is 0.230 e. The molecule has 6 heteroatoms. The summed E-state index contributed by atoms with van der Waals surface area (Å²) in [5, 5.41) is 0. The van der Waals surface area contributed by atoms with E-state index in [1.165, 1.54) is 0 Å². The SMILES string of the molecule is CCN(C(=O)C1CCCC1)c1cc(-c2ccc(OCCCN3CCOCC3)cc2C)cc(C=O)c1C. The number of carbonyl (C=O) groups excluding carboxylic acids is 2. The van der Waals surface area contributed by atoms with Crippen molar-refractivity contribution in [2.24, 2.45) is 5.92 Å². The molecule has 2 aliphatic rings. The highest BCUT2D eigenvalue weighted by molar-refractivity contribution is 5.98. The van der Waals surface area contributed by atoms with Crippen LogP contribution in [0.2, 0.25) is 0 Å². The van der Waals surface area contributed by atoms with Gasteiger partial charge in [0.1, 0.15) is 12.0 Å². The number of carbonyl (C=O) groups is 2. The molecule has 0 N–H and O–H groups in total. The van der Waals surface area contributed by atoms with Crippen molar-refractivity contribution in [1.29, 1.82) is 0 Å². The number of hydrogen-bond donors (Lipinski definition) is 0. The molecule has 2 aromatic rings. The highest BCUT2D eigenvalue weighted by Crippen LogP contribution is 2.35. The average molecular weight is 493 g/mol. The molecule has 2 aromatic carbocycles. The first-order valence-corrected chi connectivity index (χ1v) is 13.5. The third-order valence-electron chi connectivity index (χ3n) is 7.62. The lowest BCUT2D eigenvalue weighted by Gasteiger charge is -2.27. The lowest BCUT2D eigenvalue weighted by molar-refractivity contribution is -0.122. The zero-order valence-electron chi connectivity index (χ0n) is 22.1. The second kappa shape index (κ2) is 12.5. The highest BCUT2D eigenvalue weighted by atomic mass is 16.5. The minimum absolute atomic E-state index is 0.0918. The van der Waals surface area contributed by atoms with Crippen molar-refractivity contribution in [3.05, 3.63) is 47.0 Å². The van der Waals surface area contributed by atoms with Crippen molar-refractivity contribution < 1.29 is 19.1 Å². The molecule has 0 bridgehead atoms. The van der Waals surface area contributed by atoms with Crippen LogP contribution >= 0.6 is 0 Å².